The minimum atomic E-state index is -0.0130. The zero-order valence-electron chi connectivity index (χ0n) is 16.0. The molecule has 3 aromatic rings. The number of anilines is 1. The van der Waals surface area contributed by atoms with Gasteiger partial charge in [-0.15, -0.1) is 0 Å². The Labute approximate surface area is 174 Å². The maximum absolute atomic E-state index is 12.3. The summed E-state index contributed by atoms with van der Waals surface area (Å²) in [4.78, 5) is 19.5. The molecule has 0 atom stereocenters. The van der Waals surface area contributed by atoms with Crippen molar-refractivity contribution in [1.82, 2.24) is 10.1 Å². The predicted octanol–water partition coefficient (Wildman–Crippen LogP) is 0.312. The second-order valence-corrected chi connectivity index (χ2v) is 7.67. The summed E-state index contributed by atoms with van der Waals surface area (Å²) in [5.41, 5.74) is 1.62. The lowest BCUT2D eigenvalue weighted by atomic mass is 10.2. The summed E-state index contributed by atoms with van der Waals surface area (Å²) in [5.74, 6) is 1.26. The van der Waals surface area contributed by atoms with Gasteiger partial charge in [0.2, 0.25) is 5.82 Å². The van der Waals surface area contributed by atoms with Gasteiger partial charge in [0.15, 0.2) is 13.1 Å². The first-order valence-corrected chi connectivity index (χ1v) is 10.1. The Morgan fingerprint density at radius 1 is 1.00 bits per heavy atom. The Morgan fingerprint density at radius 2 is 1.69 bits per heavy atom. The van der Waals surface area contributed by atoms with E-state index in [-0.39, 0.29) is 5.91 Å². The molecule has 1 aromatic heterocycles. The number of hydrogen-bond donors (Lipinski definition) is 3. The molecule has 3 N–H and O–H groups in total. The largest absolute Gasteiger partial charge is 0.333 e. The van der Waals surface area contributed by atoms with Crippen molar-refractivity contribution in [3.05, 3.63) is 65.5 Å². The zero-order valence-corrected chi connectivity index (χ0v) is 16.8. The normalized spacial score (nSPS) is 19.1. The first-order chi connectivity index (χ1) is 14.2. The number of piperazine rings is 1. The van der Waals surface area contributed by atoms with Crippen molar-refractivity contribution < 1.29 is 19.1 Å². The molecular weight excluding hydrogens is 390 g/mol. The van der Waals surface area contributed by atoms with E-state index in [9.17, 15) is 4.79 Å². The SMILES string of the molecule is O=C(C[NH+]1CC[NH+](Cc2nc(-c3ccccc3)no2)CC1)Nc1ccccc1Cl. The van der Waals surface area contributed by atoms with E-state index < -0.39 is 0 Å². The highest BCUT2D eigenvalue weighted by Gasteiger charge is 2.26. The summed E-state index contributed by atoms with van der Waals surface area (Å²) in [6.07, 6.45) is 0. The molecule has 29 heavy (non-hydrogen) atoms. The summed E-state index contributed by atoms with van der Waals surface area (Å²) in [6, 6.07) is 17.1. The molecule has 0 aliphatic carbocycles. The monoisotopic (exact) mass is 413 g/mol. The molecule has 4 rings (SSSR count). The van der Waals surface area contributed by atoms with Crippen molar-refractivity contribution in [2.45, 2.75) is 6.54 Å². The molecule has 8 heteroatoms. The van der Waals surface area contributed by atoms with Crippen LogP contribution in [-0.4, -0.2) is 48.8 Å². The molecule has 0 radical (unpaired) electrons. The van der Waals surface area contributed by atoms with Gasteiger partial charge >= 0.3 is 0 Å². The highest BCUT2D eigenvalue weighted by molar-refractivity contribution is 6.33. The van der Waals surface area contributed by atoms with Crippen molar-refractivity contribution in [3.8, 4) is 11.4 Å². The van der Waals surface area contributed by atoms with Crippen molar-refractivity contribution in [2.24, 2.45) is 0 Å². The third-order valence-electron chi connectivity index (χ3n) is 5.12. The molecule has 2 aromatic carbocycles. The van der Waals surface area contributed by atoms with Gasteiger partial charge in [0.1, 0.15) is 26.2 Å². The fourth-order valence-corrected chi connectivity index (χ4v) is 3.72. The second kappa shape index (κ2) is 9.17. The quantitative estimate of drug-likeness (QED) is 0.543. The average molecular weight is 414 g/mol. The fraction of sp³-hybridized carbons (Fsp3) is 0.286. The minimum absolute atomic E-state index is 0.0130. The van der Waals surface area contributed by atoms with Crippen LogP contribution < -0.4 is 15.1 Å². The molecule has 1 fully saturated rings. The van der Waals surface area contributed by atoms with E-state index >= 15 is 0 Å². The number of hydrogen-bond acceptors (Lipinski definition) is 4. The van der Waals surface area contributed by atoms with Crippen LogP contribution in [-0.2, 0) is 11.3 Å². The first-order valence-electron chi connectivity index (χ1n) is 9.77. The number of para-hydroxylation sites is 1. The van der Waals surface area contributed by atoms with Crippen LogP contribution in [0.4, 0.5) is 5.69 Å². The van der Waals surface area contributed by atoms with E-state index in [0.717, 1.165) is 31.7 Å². The summed E-state index contributed by atoms with van der Waals surface area (Å²) >= 11 is 6.10. The average Bonchev–Trinajstić information content (AvgIpc) is 3.20. The van der Waals surface area contributed by atoms with Gasteiger partial charge in [0.25, 0.3) is 11.8 Å². The topological polar surface area (TPSA) is 76.9 Å². The summed E-state index contributed by atoms with van der Waals surface area (Å²) in [7, 11) is 0. The van der Waals surface area contributed by atoms with E-state index in [1.807, 2.05) is 48.5 Å². The van der Waals surface area contributed by atoms with Crippen LogP contribution in [0.25, 0.3) is 11.4 Å². The second-order valence-electron chi connectivity index (χ2n) is 7.26. The molecule has 1 amide bonds. The van der Waals surface area contributed by atoms with E-state index in [0.29, 0.717) is 35.5 Å². The number of nitrogens with one attached hydrogen (secondary N) is 3. The zero-order chi connectivity index (χ0) is 20.1. The van der Waals surface area contributed by atoms with Crippen LogP contribution in [0.15, 0.2) is 59.1 Å². The van der Waals surface area contributed by atoms with Gasteiger partial charge in [-0.3, -0.25) is 4.79 Å². The third-order valence-corrected chi connectivity index (χ3v) is 5.45. The number of nitrogens with zero attached hydrogens (tertiary/aromatic N) is 2. The molecule has 150 valence electrons. The Morgan fingerprint density at radius 3 is 2.45 bits per heavy atom. The Balaban J connectivity index is 1.24. The molecule has 2 heterocycles. The highest BCUT2D eigenvalue weighted by Crippen LogP contribution is 2.19. The van der Waals surface area contributed by atoms with Crippen LogP contribution in [0.2, 0.25) is 5.02 Å². The molecule has 1 saturated heterocycles. The molecule has 0 saturated carbocycles. The standard InChI is InChI=1S/C21H22ClN5O2/c22-17-8-4-5-9-18(17)23-19(28)14-26-10-12-27(13-11-26)15-20-24-21(25-29-20)16-6-2-1-3-7-16/h1-9H,10-15H2,(H,23,28)/p+2. The predicted molar refractivity (Wildman–Crippen MR) is 110 cm³/mol. The van der Waals surface area contributed by atoms with Crippen LogP contribution in [0.3, 0.4) is 0 Å². The molecular formula is C21H24ClN5O2+2. The first kappa shape index (κ1) is 19.6. The lowest BCUT2D eigenvalue weighted by Gasteiger charge is -2.28. The third kappa shape index (κ3) is 5.20. The lowest BCUT2D eigenvalue weighted by molar-refractivity contribution is -1.02. The number of halogens is 1. The lowest BCUT2D eigenvalue weighted by Crippen LogP contribution is -3.28. The van der Waals surface area contributed by atoms with Gasteiger partial charge in [0.05, 0.1) is 10.7 Å². The molecule has 0 spiro atoms. The number of amides is 1. The summed E-state index contributed by atoms with van der Waals surface area (Å²) in [5, 5.41) is 7.54. The van der Waals surface area contributed by atoms with E-state index in [1.54, 1.807) is 6.07 Å². The van der Waals surface area contributed by atoms with E-state index in [2.05, 4.69) is 15.5 Å². The highest BCUT2D eigenvalue weighted by atomic mass is 35.5. The van der Waals surface area contributed by atoms with Crippen LogP contribution in [0.5, 0.6) is 0 Å². The number of rotatable bonds is 6. The van der Waals surface area contributed by atoms with Crippen LogP contribution in [0.1, 0.15) is 5.89 Å². The smallest absolute Gasteiger partial charge is 0.282 e. The van der Waals surface area contributed by atoms with Crippen molar-refractivity contribution in [3.63, 3.8) is 0 Å². The molecule has 1 aliphatic heterocycles. The fourth-order valence-electron chi connectivity index (χ4n) is 3.54. The maximum atomic E-state index is 12.3. The molecule has 1 aliphatic rings. The van der Waals surface area contributed by atoms with Crippen LogP contribution >= 0.6 is 11.6 Å². The molecule has 7 nitrogen and oxygen atoms in total. The number of carbonyl (C=O) groups excluding carboxylic acids is 1. The molecule has 0 unspecified atom stereocenters. The van der Waals surface area contributed by atoms with Crippen molar-refractivity contribution in [2.75, 3.05) is 38.0 Å². The number of quaternary nitrogens is 2. The van der Waals surface area contributed by atoms with E-state index in [1.165, 1.54) is 9.80 Å². The van der Waals surface area contributed by atoms with Gasteiger partial charge < -0.3 is 19.6 Å². The molecule has 0 bridgehead atoms. The summed E-state index contributed by atoms with van der Waals surface area (Å²) < 4.78 is 5.43. The maximum Gasteiger partial charge on any atom is 0.282 e. The number of carbonyl (C=O) groups is 1. The van der Waals surface area contributed by atoms with E-state index in [4.69, 9.17) is 16.1 Å². The van der Waals surface area contributed by atoms with Crippen molar-refractivity contribution in [1.29, 1.82) is 0 Å². The van der Waals surface area contributed by atoms with Gasteiger partial charge in [-0.1, -0.05) is 59.2 Å². The number of aromatic nitrogens is 2. The van der Waals surface area contributed by atoms with Gasteiger partial charge in [-0.25, -0.2) is 0 Å². The Bertz CT molecular complexity index is 954. The van der Waals surface area contributed by atoms with Gasteiger partial charge in [0, 0.05) is 5.56 Å². The number of benzene rings is 2. The van der Waals surface area contributed by atoms with Gasteiger partial charge in [-0.2, -0.15) is 4.98 Å². The van der Waals surface area contributed by atoms with Crippen LogP contribution in [0, 0.1) is 0 Å². The van der Waals surface area contributed by atoms with Crippen molar-refractivity contribution >= 4 is 23.2 Å². The van der Waals surface area contributed by atoms with Gasteiger partial charge in [-0.05, 0) is 12.1 Å². The Hall–Kier alpha value is -2.74. The Kier molecular flexibility index (Phi) is 6.19. The summed E-state index contributed by atoms with van der Waals surface area (Å²) in [6.45, 7) is 4.90. The minimum Gasteiger partial charge on any atom is -0.333 e.